The summed E-state index contributed by atoms with van der Waals surface area (Å²) in [6.45, 7) is 1.33. The molecule has 0 amide bonds. The number of hydrogen-bond donors (Lipinski definition) is 3. The average Bonchev–Trinajstić information content (AvgIpc) is 2.42. The van der Waals surface area contributed by atoms with E-state index in [-0.39, 0.29) is 18.7 Å². The summed E-state index contributed by atoms with van der Waals surface area (Å²) in [5.74, 6) is -1.24. The maximum Gasteiger partial charge on any atom is 0.129 e. The topological polar surface area (TPSA) is 61.7 Å². The first kappa shape index (κ1) is 15.3. The summed E-state index contributed by atoms with van der Waals surface area (Å²) < 4.78 is 31.6. The zero-order chi connectivity index (χ0) is 14.6. The lowest BCUT2D eigenvalue weighted by atomic mass is 9.94. The third kappa shape index (κ3) is 3.96. The van der Waals surface area contributed by atoms with Crippen LogP contribution in [0.2, 0.25) is 0 Å². The number of aliphatic hydroxyl groups is 2. The standard InChI is InChI=1S/C14H19F2NO3/c15-10-1-2-12(16)11(7-10)13(18)8-17-9-14(19)3-5-20-6-4-14/h1-2,7,13,17-19H,3-6,8-9H2. The van der Waals surface area contributed by atoms with Crippen LogP contribution in [0.4, 0.5) is 8.78 Å². The minimum Gasteiger partial charge on any atom is -0.388 e. The SMILES string of the molecule is OC(CNCC1(O)CCOCC1)c1cc(F)ccc1F. The van der Waals surface area contributed by atoms with Crippen molar-refractivity contribution >= 4 is 0 Å². The highest BCUT2D eigenvalue weighted by Gasteiger charge is 2.29. The fourth-order valence-electron chi connectivity index (χ4n) is 2.25. The molecule has 1 heterocycles. The van der Waals surface area contributed by atoms with Gasteiger partial charge in [0.25, 0.3) is 0 Å². The Hall–Kier alpha value is -1.08. The number of rotatable bonds is 5. The first-order chi connectivity index (χ1) is 9.50. The Morgan fingerprint density at radius 2 is 2.00 bits per heavy atom. The van der Waals surface area contributed by atoms with Gasteiger partial charge in [-0.1, -0.05) is 0 Å². The molecule has 3 N–H and O–H groups in total. The molecular weight excluding hydrogens is 268 g/mol. The zero-order valence-corrected chi connectivity index (χ0v) is 11.1. The number of halogens is 2. The zero-order valence-electron chi connectivity index (χ0n) is 11.1. The first-order valence-electron chi connectivity index (χ1n) is 6.64. The van der Waals surface area contributed by atoms with E-state index in [0.29, 0.717) is 26.1 Å². The summed E-state index contributed by atoms with van der Waals surface area (Å²) >= 11 is 0. The molecule has 1 atom stereocenters. The van der Waals surface area contributed by atoms with E-state index in [1.807, 2.05) is 0 Å². The smallest absolute Gasteiger partial charge is 0.129 e. The van der Waals surface area contributed by atoms with Gasteiger partial charge in [0.2, 0.25) is 0 Å². The second-order valence-electron chi connectivity index (χ2n) is 5.15. The third-order valence-corrected chi connectivity index (χ3v) is 3.53. The lowest BCUT2D eigenvalue weighted by molar-refractivity contribution is -0.0624. The van der Waals surface area contributed by atoms with Crippen LogP contribution >= 0.6 is 0 Å². The van der Waals surface area contributed by atoms with Crippen LogP contribution in [0.15, 0.2) is 18.2 Å². The number of benzene rings is 1. The van der Waals surface area contributed by atoms with Crippen LogP contribution in [0.3, 0.4) is 0 Å². The monoisotopic (exact) mass is 287 g/mol. The molecular formula is C14H19F2NO3. The molecule has 0 saturated carbocycles. The van der Waals surface area contributed by atoms with Gasteiger partial charge in [0.05, 0.1) is 11.7 Å². The molecule has 0 bridgehead atoms. The van der Waals surface area contributed by atoms with Crippen LogP contribution in [0.5, 0.6) is 0 Å². The highest BCUT2D eigenvalue weighted by molar-refractivity contribution is 5.21. The van der Waals surface area contributed by atoms with Gasteiger partial charge in [0.1, 0.15) is 11.6 Å². The summed E-state index contributed by atoms with van der Waals surface area (Å²) in [7, 11) is 0. The molecule has 6 heteroatoms. The van der Waals surface area contributed by atoms with Gasteiger partial charge >= 0.3 is 0 Å². The minimum absolute atomic E-state index is 0.0452. The van der Waals surface area contributed by atoms with Gasteiger partial charge in [-0.2, -0.15) is 0 Å². The normalized spacial score (nSPS) is 19.8. The third-order valence-electron chi connectivity index (χ3n) is 3.53. The molecule has 1 saturated heterocycles. The number of ether oxygens (including phenoxy) is 1. The molecule has 0 aromatic heterocycles. The van der Waals surface area contributed by atoms with Crippen LogP contribution in [-0.4, -0.2) is 42.1 Å². The molecule has 0 spiro atoms. The summed E-state index contributed by atoms with van der Waals surface area (Å²) in [4.78, 5) is 0. The fourth-order valence-corrected chi connectivity index (χ4v) is 2.25. The molecule has 0 radical (unpaired) electrons. The number of aliphatic hydroxyl groups excluding tert-OH is 1. The van der Waals surface area contributed by atoms with Gasteiger partial charge in [-0.05, 0) is 18.2 Å². The van der Waals surface area contributed by atoms with Crippen molar-refractivity contribution in [3.8, 4) is 0 Å². The van der Waals surface area contributed by atoms with E-state index >= 15 is 0 Å². The second kappa shape index (κ2) is 6.58. The van der Waals surface area contributed by atoms with Crippen LogP contribution in [-0.2, 0) is 4.74 Å². The maximum atomic E-state index is 13.5. The maximum absolute atomic E-state index is 13.5. The molecule has 2 rings (SSSR count). The van der Waals surface area contributed by atoms with Crippen molar-refractivity contribution in [1.82, 2.24) is 5.32 Å². The highest BCUT2D eigenvalue weighted by atomic mass is 19.1. The molecule has 20 heavy (non-hydrogen) atoms. The Morgan fingerprint density at radius 3 is 2.70 bits per heavy atom. The van der Waals surface area contributed by atoms with E-state index in [1.54, 1.807) is 0 Å². The predicted octanol–water partition coefficient (Wildman–Crippen LogP) is 1.13. The Kier molecular flexibility index (Phi) is 5.04. The molecule has 1 aliphatic rings. The van der Waals surface area contributed by atoms with Gasteiger partial charge in [-0.15, -0.1) is 0 Å². The van der Waals surface area contributed by atoms with E-state index in [9.17, 15) is 19.0 Å². The summed E-state index contributed by atoms with van der Waals surface area (Å²) in [5.41, 5.74) is -0.949. The van der Waals surface area contributed by atoms with Gasteiger partial charge in [-0.3, -0.25) is 0 Å². The fraction of sp³-hybridized carbons (Fsp3) is 0.571. The quantitative estimate of drug-likeness (QED) is 0.760. The predicted molar refractivity (Wildman–Crippen MR) is 69.2 cm³/mol. The molecule has 0 aliphatic carbocycles. The van der Waals surface area contributed by atoms with Gasteiger partial charge in [-0.25, -0.2) is 8.78 Å². The summed E-state index contributed by atoms with van der Waals surface area (Å²) in [6, 6.07) is 2.97. The second-order valence-corrected chi connectivity index (χ2v) is 5.15. The Bertz CT molecular complexity index is 450. The van der Waals surface area contributed by atoms with Crippen molar-refractivity contribution < 1.29 is 23.7 Å². The van der Waals surface area contributed by atoms with Crippen LogP contribution in [0.25, 0.3) is 0 Å². The van der Waals surface area contributed by atoms with Gasteiger partial charge in [0, 0.05) is 44.7 Å². The molecule has 1 fully saturated rings. The Labute approximate surface area is 116 Å². The number of nitrogens with one attached hydrogen (secondary N) is 1. The van der Waals surface area contributed by atoms with Crippen LogP contribution < -0.4 is 5.32 Å². The first-order valence-corrected chi connectivity index (χ1v) is 6.64. The Morgan fingerprint density at radius 1 is 1.30 bits per heavy atom. The van der Waals surface area contributed by atoms with Gasteiger partial charge in [0.15, 0.2) is 0 Å². The van der Waals surface area contributed by atoms with E-state index in [1.165, 1.54) is 0 Å². The van der Waals surface area contributed by atoms with E-state index in [4.69, 9.17) is 4.74 Å². The van der Waals surface area contributed by atoms with Crippen molar-refractivity contribution in [1.29, 1.82) is 0 Å². The van der Waals surface area contributed by atoms with Crippen molar-refractivity contribution in [2.45, 2.75) is 24.5 Å². The van der Waals surface area contributed by atoms with E-state index in [0.717, 1.165) is 18.2 Å². The minimum atomic E-state index is -1.16. The Balaban J connectivity index is 1.85. The van der Waals surface area contributed by atoms with Crippen molar-refractivity contribution in [3.05, 3.63) is 35.4 Å². The van der Waals surface area contributed by atoms with Crippen molar-refractivity contribution in [3.63, 3.8) is 0 Å². The van der Waals surface area contributed by atoms with Crippen molar-refractivity contribution in [2.75, 3.05) is 26.3 Å². The van der Waals surface area contributed by atoms with E-state index < -0.39 is 23.3 Å². The molecule has 4 nitrogen and oxygen atoms in total. The van der Waals surface area contributed by atoms with E-state index in [2.05, 4.69) is 5.32 Å². The molecule has 1 aromatic rings. The summed E-state index contributed by atoms with van der Waals surface area (Å²) in [5, 5.41) is 23.0. The van der Waals surface area contributed by atoms with Crippen LogP contribution in [0, 0.1) is 11.6 Å². The number of hydrogen-bond acceptors (Lipinski definition) is 4. The largest absolute Gasteiger partial charge is 0.388 e. The molecule has 1 unspecified atom stereocenters. The van der Waals surface area contributed by atoms with Crippen molar-refractivity contribution in [2.24, 2.45) is 0 Å². The lowest BCUT2D eigenvalue weighted by Gasteiger charge is -2.32. The lowest BCUT2D eigenvalue weighted by Crippen LogP contribution is -2.45. The highest BCUT2D eigenvalue weighted by Crippen LogP contribution is 2.21. The van der Waals surface area contributed by atoms with Gasteiger partial charge < -0.3 is 20.3 Å². The van der Waals surface area contributed by atoms with Crippen LogP contribution in [0.1, 0.15) is 24.5 Å². The molecule has 112 valence electrons. The summed E-state index contributed by atoms with van der Waals surface area (Å²) in [6.07, 6.45) is -0.122. The molecule has 1 aromatic carbocycles. The molecule has 1 aliphatic heterocycles. The average molecular weight is 287 g/mol.